The molecule has 0 saturated carbocycles. The van der Waals surface area contributed by atoms with Crippen molar-refractivity contribution in [2.75, 3.05) is 39.8 Å². The Hall–Kier alpha value is -4.66. The molecule has 0 radical (unpaired) electrons. The van der Waals surface area contributed by atoms with Gasteiger partial charge in [0.05, 0.1) is 24.7 Å². The number of aryl methyl sites for hydroxylation is 1. The lowest BCUT2D eigenvalue weighted by Gasteiger charge is -2.19. The van der Waals surface area contributed by atoms with Crippen LogP contribution in [0.5, 0.6) is 0 Å². The molecular formula is C37H62F2N7O6+. The molecule has 52 heavy (non-hydrogen) atoms. The van der Waals surface area contributed by atoms with Gasteiger partial charge in [0.25, 0.3) is 5.91 Å². The Morgan fingerprint density at radius 3 is 1.79 bits per heavy atom. The third kappa shape index (κ3) is 25.3. The number of hydrogen-bond acceptors (Lipinski definition) is 7. The summed E-state index contributed by atoms with van der Waals surface area (Å²) in [5.74, 6) is -2.93. The summed E-state index contributed by atoms with van der Waals surface area (Å²) in [7, 11) is 1.49. The fourth-order valence-electron chi connectivity index (χ4n) is 3.71. The number of unbranched alkanes of at least 4 members (excludes halogenated alkanes) is 1. The summed E-state index contributed by atoms with van der Waals surface area (Å²) in [5, 5.41) is 15.9. The first kappa shape index (κ1) is 49.5. The van der Waals surface area contributed by atoms with Gasteiger partial charge < -0.3 is 31.9 Å². The van der Waals surface area contributed by atoms with Crippen LogP contribution in [0.25, 0.3) is 0 Å². The number of aromatic nitrogens is 1. The number of pyridine rings is 1. The van der Waals surface area contributed by atoms with E-state index in [1.807, 2.05) is 6.92 Å². The number of nitrogens with zero attached hydrogens (tertiary/aromatic N) is 1. The van der Waals surface area contributed by atoms with Gasteiger partial charge >= 0.3 is 0 Å². The predicted molar refractivity (Wildman–Crippen MR) is 198 cm³/mol. The SMILES string of the molecule is CCC.CCCC.CCCC(NC(=O)CNC(=O)c1cc[n+](OC)cc1)C(=O)NCCNC(C)C(=O)NCC(=O)NCC.Cc1cc(F)cc(F)c1. The molecule has 1 heterocycles. The van der Waals surface area contributed by atoms with Crippen LogP contribution in [0.4, 0.5) is 8.78 Å². The van der Waals surface area contributed by atoms with Crippen LogP contribution in [0.2, 0.25) is 0 Å². The molecule has 2 unspecified atom stereocenters. The second kappa shape index (κ2) is 31.1. The molecule has 0 aliphatic carbocycles. The second-order valence-electron chi connectivity index (χ2n) is 11.5. The zero-order valence-corrected chi connectivity index (χ0v) is 32.4. The van der Waals surface area contributed by atoms with Crippen LogP contribution >= 0.6 is 0 Å². The minimum Gasteiger partial charge on any atom is -0.355 e. The second-order valence-corrected chi connectivity index (χ2v) is 11.5. The molecular weight excluding hydrogens is 676 g/mol. The van der Waals surface area contributed by atoms with Gasteiger partial charge in [0.2, 0.25) is 36.0 Å². The molecule has 5 amide bonds. The highest BCUT2D eigenvalue weighted by Crippen LogP contribution is 2.05. The monoisotopic (exact) mass is 738 g/mol. The number of carbonyl (C=O) groups excluding carboxylic acids is 5. The zero-order valence-electron chi connectivity index (χ0n) is 32.4. The van der Waals surface area contributed by atoms with Gasteiger partial charge in [-0.15, -0.1) is 0 Å². The first-order chi connectivity index (χ1) is 24.7. The number of carbonyl (C=O) groups is 5. The quantitative estimate of drug-likeness (QED) is 0.107. The van der Waals surface area contributed by atoms with Gasteiger partial charge in [-0.1, -0.05) is 60.3 Å². The first-order valence-corrected chi connectivity index (χ1v) is 17.8. The normalized spacial score (nSPS) is 10.9. The Bertz CT molecular complexity index is 1260. The van der Waals surface area contributed by atoms with Crippen LogP contribution in [0.1, 0.15) is 96.5 Å². The van der Waals surface area contributed by atoms with Crippen molar-refractivity contribution in [3.63, 3.8) is 0 Å². The Labute approximate surface area is 308 Å². The van der Waals surface area contributed by atoms with Gasteiger partial charge in [0, 0.05) is 42.6 Å². The van der Waals surface area contributed by atoms with E-state index in [-0.39, 0.29) is 37.4 Å². The van der Waals surface area contributed by atoms with Gasteiger partial charge in [0.15, 0.2) is 0 Å². The summed E-state index contributed by atoms with van der Waals surface area (Å²) in [6.45, 7) is 16.2. The Kier molecular flexibility index (Phi) is 29.6. The molecule has 294 valence electrons. The standard InChI is InChI=1S/C23H37N7O6.C7H6F2.C4H10.C3H8/c1-5-7-18(29-20(32)15-28-22(34)17-8-12-30(36-4)13-9-17)23(35)26-11-10-25-16(3)21(33)27-14-19(31)24-6-2;1-5-2-6(8)4-7(9)3-5;1-3-4-2;1-3-2/h8-9,12-13,16,18,25H,5-7,10-11,14-15H2,1-4H3,(H4-,24,26,27,28,29,31,32,33,34,35);2-4H,1H3;3-4H2,1-2H3;3H2,1-2H3/p+1. The molecule has 13 nitrogen and oxygen atoms in total. The van der Waals surface area contributed by atoms with Crippen molar-refractivity contribution >= 4 is 29.5 Å². The van der Waals surface area contributed by atoms with Crippen LogP contribution in [0.15, 0.2) is 42.7 Å². The number of likely N-dealkylation sites (N-methyl/N-ethyl adjacent to an activating group) is 1. The van der Waals surface area contributed by atoms with E-state index in [1.54, 1.807) is 45.3 Å². The van der Waals surface area contributed by atoms with Gasteiger partial charge in [0.1, 0.15) is 24.8 Å². The maximum absolute atomic E-state index is 12.5. The number of halogens is 2. The Morgan fingerprint density at radius 1 is 0.750 bits per heavy atom. The number of hydrogen-bond donors (Lipinski definition) is 6. The highest BCUT2D eigenvalue weighted by atomic mass is 19.1. The summed E-state index contributed by atoms with van der Waals surface area (Å²) in [5.41, 5.74) is 0.964. The van der Waals surface area contributed by atoms with E-state index < -0.39 is 35.5 Å². The first-order valence-electron chi connectivity index (χ1n) is 17.8. The highest BCUT2D eigenvalue weighted by molar-refractivity contribution is 5.97. The van der Waals surface area contributed by atoms with Crippen LogP contribution in [0, 0.1) is 18.6 Å². The highest BCUT2D eigenvalue weighted by Gasteiger charge is 2.20. The molecule has 2 aromatic rings. The van der Waals surface area contributed by atoms with Crippen molar-refractivity contribution in [1.82, 2.24) is 31.9 Å². The van der Waals surface area contributed by atoms with Crippen LogP contribution in [-0.2, 0) is 19.2 Å². The van der Waals surface area contributed by atoms with Gasteiger partial charge in [-0.05, 0) is 44.9 Å². The maximum Gasteiger partial charge on any atom is 0.252 e. The zero-order chi connectivity index (χ0) is 39.9. The van der Waals surface area contributed by atoms with Crippen molar-refractivity contribution < 1.29 is 42.3 Å². The minimum absolute atomic E-state index is 0.104. The fraction of sp³-hybridized carbons (Fsp3) is 0.568. The number of benzene rings is 1. The van der Waals surface area contributed by atoms with Gasteiger partial charge in [-0.25, -0.2) is 8.78 Å². The summed E-state index contributed by atoms with van der Waals surface area (Å²) in [6, 6.07) is 5.20. The topological polar surface area (TPSA) is 171 Å². The lowest BCUT2D eigenvalue weighted by molar-refractivity contribution is -0.885. The van der Waals surface area contributed by atoms with Crippen molar-refractivity contribution in [2.24, 2.45) is 0 Å². The predicted octanol–water partition coefficient (Wildman–Crippen LogP) is 2.89. The molecule has 2 atom stereocenters. The molecule has 0 aliphatic heterocycles. The lowest BCUT2D eigenvalue weighted by Crippen LogP contribution is -2.51. The summed E-state index contributed by atoms with van der Waals surface area (Å²) >= 11 is 0. The fourth-order valence-corrected chi connectivity index (χ4v) is 3.71. The minimum atomic E-state index is -0.755. The van der Waals surface area contributed by atoms with Crippen molar-refractivity contribution in [3.05, 3.63) is 65.5 Å². The Morgan fingerprint density at radius 2 is 1.31 bits per heavy atom. The number of rotatable bonds is 17. The molecule has 6 N–H and O–H groups in total. The Balaban J connectivity index is 0. The van der Waals surface area contributed by atoms with Crippen molar-refractivity contribution in [1.29, 1.82) is 0 Å². The summed E-state index contributed by atoms with van der Waals surface area (Å²) in [4.78, 5) is 65.4. The average Bonchev–Trinajstić information content (AvgIpc) is 3.11. The van der Waals surface area contributed by atoms with E-state index in [2.05, 4.69) is 59.6 Å². The molecule has 0 bridgehead atoms. The van der Waals surface area contributed by atoms with E-state index in [0.717, 1.165) is 6.07 Å². The third-order valence-corrected chi connectivity index (χ3v) is 6.49. The smallest absolute Gasteiger partial charge is 0.252 e. The molecule has 0 saturated heterocycles. The van der Waals surface area contributed by atoms with E-state index in [9.17, 15) is 32.8 Å². The lowest BCUT2D eigenvalue weighted by atomic mass is 10.1. The number of nitrogens with one attached hydrogen (secondary N) is 6. The van der Waals surface area contributed by atoms with Crippen LogP contribution in [0.3, 0.4) is 0 Å². The average molecular weight is 739 g/mol. The molecule has 2 rings (SSSR count). The van der Waals surface area contributed by atoms with E-state index in [1.165, 1.54) is 43.2 Å². The molecule has 0 fully saturated rings. The molecule has 1 aromatic heterocycles. The third-order valence-electron chi connectivity index (χ3n) is 6.49. The van der Waals surface area contributed by atoms with Gasteiger partial charge in [-0.2, -0.15) is 0 Å². The largest absolute Gasteiger partial charge is 0.355 e. The van der Waals surface area contributed by atoms with Crippen LogP contribution < -0.4 is 41.5 Å². The van der Waals surface area contributed by atoms with E-state index in [0.29, 0.717) is 37.1 Å². The number of amides is 5. The molecule has 0 aliphatic rings. The molecule has 1 aromatic carbocycles. The summed E-state index contributed by atoms with van der Waals surface area (Å²) in [6.07, 6.45) is 8.10. The molecule has 15 heteroatoms. The van der Waals surface area contributed by atoms with E-state index >= 15 is 0 Å². The van der Waals surface area contributed by atoms with Gasteiger partial charge in [-0.3, -0.25) is 28.8 Å². The van der Waals surface area contributed by atoms with Crippen molar-refractivity contribution in [2.45, 2.75) is 99.6 Å². The summed E-state index contributed by atoms with van der Waals surface area (Å²) < 4.78 is 25.8. The maximum atomic E-state index is 12.5. The van der Waals surface area contributed by atoms with Crippen LogP contribution in [-0.4, -0.2) is 81.5 Å². The molecule has 0 spiro atoms. The van der Waals surface area contributed by atoms with E-state index in [4.69, 9.17) is 4.84 Å². The van der Waals surface area contributed by atoms with Crippen molar-refractivity contribution in [3.8, 4) is 0 Å².